The molecule has 0 radical (unpaired) electrons. The van der Waals surface area contributed by atoms with Crippen molar-refractivity contribution >= 4 is 17.1 Å². The first-order valence-corrected chi connectivity index (χ1v) is 7.99. The normalized spacial score (nSPS) is 10.8. The summed E-state index contributed by atoms with van der Waals surface area (Å²) in [6.07, 6.45) is 1.76. The molecule has 1 amide bonds. The summed E-state index contributed by atoms with van der Waals surface area (Å²) in [5, 5.41) is 2.63. The first-order chi connectivity index (χ1) is 12.3. The summed E-state index contributed by atoms with van der Waals surface area (Å²) < 4.78 is 2.01. The van der Waals surface area contributed by atoms with Crippen LogP contribution in [-0.4, -0.2) is 27.5 Å². The number of amides is 1. The fraction of sp³-hybridized carbons (Fsp3) is 0.0500. The summed E-state index contributed by atoms with van der Waals surface area (Å²) in [6.45, 7) is 0. The molecule has 1 N–H and O–H groups in total. The SMILES string of the molecule is CNC(=O)c1ccc(-n2c(-c3ccccc3)nc3cccnc32)cc1. The van der Waals surface area contributed by atoms with Crippen molar-refractivity contribution < 1.29 is 4.79 Å². The number of benzene rings is 2. The third-order valence-electron chi connectivity index (χ3n) is 4.06. The third-order valence-corrected chi connectivity index (χ3v) is 4.06. The second kappa shape index (κ2) is 6.20. The molecule has 4 rings (SSSR count). The molecule has 0 saturated heterocycles. The van der Waals surface area contributed by atoms with Gasteiger partial charge in [-0.2, -0.15) is 0 Å². The molecule has 0 bridgehead atoms. The molecule has 0 fully saturated rings. The maximum absolute atomic E-state index is 11.8. The Morgan fingerprint density at radius 2 is 1.72 bits per heavy atom. The summed E-state index contributed by atoms with van der Waals surface area (Å²) in [6, 6.07) is 21.3. The van der Waals surface area contributed by atoms with Crippen molar-refractivity contribution in [2.24, 2.45) is 0 Å². The second-order valence-electron chi connectivity index (χ2n) is 5.61. The number of rotatable bonds is 3. The Labute approximate surface area is 145 Å². The van der Waals surface area contributed by atoms with E-state index >= 15 is 0 Å². The van der Waals surface area contributed by atoms with E-state index in [0.717, 1.165) is 28.2 Å². The zero-order valence-corrected chi connectivity index (χ0v) is 13.7. The van der Waals surface area contributed by atoms with E-state index in [9.17, 15) is 4.79 Å². The Morgan fingerprint density at radius 3 is 2.44 bits per heavy atom. The van der Waals surface area contributed by atoms with Crippen molar-refractivity contribution in [3.63, 3.8) is 0 Å². The van der Waals surface area contributed by atoms with Crippen molar-refractivity contribution in [2.75, 3.05) is 7.05 Å². The summed E-state index contributed by atoms with van der Waals surface area (Å²) in [7, 11) is 1.62. The summed E-state index contributed by atoms with van der Waals surface area (Å²) in [5.41, 5.74) is 4.15. The Morgan fingerprint density at radius 1 is 0.960 bits per heavy atom. The minimum atomic E-state index is -0.108. The highest BCUT2D eigenvalue weighted by molar-refractivity contribution is 5.94. The monoisotopic (exact) mass is 328 g/mol. The average Bonchev–Trinajstić information content (AvgIpc) is 3.08. The Bertz CT molecular complexity index is 1040. The van der Waals surface area contributed by atoms with Crippen LogP contribution in [0.25, 0.3) is 28.2 Å². The number of hydrogen-bond acceptors (Lipinski definition) is 3. The van der Waals surface area contributed by atoms with E-state index in [1.54, 1.807) is 25.4 Å². The fourth-order valence-corrected chi connectivity index (χ4v) is 2.84. The molecule has 0 aliphatic rings. The van der Waals surface area contributed by atoms with Gasteiger partial charge in [-0.25, -0.2) is 9.97 Å². The number of imidazole rings is 1. The van der Waals surface area contributed by atoms with Crippen LogP contribution < -0.4 is 5.32 Å². The molecule has 122 valence electrons. The topological polar surface area (TPSA) is 59.8 Å². The van der Waals surface area contributed by atoms with E-state index in [-0.39, 0.29) is 5.91 Å². The molecular formula is C20H16N4O. The zero-order chi connectivity index (χ0) is 17.2. The lowest BCUT2D eigenvalue weighted by Crippen LogP contribution is -2.17. The molecule has 0 aliphatic heterocycles. The van der Waals surface area contributed by atoms with E-state index in [1.165, 1.54) is 0 Å². The van der Waals surface area contributed by atoms with Crippen LogP contribution in [0.5, 0.6) is 0 Å². The molecule has 5 nitrogen and oxygen atoms in total. The standard InChI is InChI=1S/C20H16N4O/c1-21-20(25)15-9-11-16(12-10-15)24-18(14-6-3-2-4-7-14)23-17-8-5-13-22-19(17)24/h2-13H,1H3,(H,21,25). The van der Waals surface area contributed by atoms with Gasteiger partial charge in [0.1, 0.15) is 11.3 Å². The van der Waals surface area contributed by atoms with Crippen molar-refractivity contribution in [1.29, 1.82) is 0 Å². The first kappa shape index (κ1) is 15.1. The fourth-order valence-electron chi connectivity index (χ4n) is 2.84. The lowest BCUT2D eigenvalue weighted by molar-refractivity contribution is 0.0963. The number of nitrogens with zero attached hydrogens (tertiary/aromatic N) is 3. The lowest BCUT2D eigenvalue weighted by atomic mass is 10.1. The molecule has 0 spiro atoms. The molecule has 4 aromatic rings. The molecule has 2 aromatic carbocycles. The van der Waals surface area contributed by atoms with Crippen LogP contribution in [-0.2, 0) is 0 Å². The molecular weight excluding hydrogens is 312 g/mol. The minimum Gasteiger partial charge on any atom is -0.355 e. The Hall–Kier alpha value is -3.47. The maximum atomic E-state index is 11.8. The molecule has 5 heteroatoms. The quantitative estimate of drug-likeness (QED) is 0.626. The molecule has 2 aromatic heterocycles. The average molecular weight is 328 g/mol. The molecule has 0 aliphatic carbocycles. The molecule has 2 heterocycles. The second-order valence-corrected chi connectivity index (χ2v) is 5.61. The lowest BCUT2D eigenvalue weighted by Gasteiger charge is -2.09. The van der Waals surface area contributed by atoms with Gasteiger partial charge < -0.3 is 5.32 Å². The van der Waals surface area contributed by atoms with Crippen LogP contribution in [0.15, 0.2) is 72.9 Å². The van der Waals surface area contributed by atoms with Crippen LogP contribution >= 0.6 is 0 Å². The highest BCUT2D eigenvalue weighted by Gasteiger charge is 2.15. The molecule has 0 unspecified atom stereocenters. The largest absolute Gasteiger partial charge is 0.355 e. The summed E-state index contributed by atoms with van der Waals surface area (Å²) in [5.74, 6) is 0.713. The smallest absolute Gasteiger partial charge is 0.251 e. The van der Waals surface area contributed by atoms with E-state index in [1.807, 2.05) is 59.2 Å². The van der Waals surface area contributed by atoms with E-state index in [0.29, 0.717) is 5.56 Å². The molecule has 25 heavy (non-hydrogen) atoms. The van der Waals surface area contributed by atoms with Crippen LogP contribution in [0.3, 0.4) is 0 Å². The first-order valence-electron chi connectivity index (χ1n) is 7.99. The van der Waals surface area contributed by atoms with Gasteiger partial charge in [-0.05, 0) is 36.4 Å². The predicted octanol–water partition coefficient (Wildman–Crippen LogP) is 3.45. The zero-order valence-electron chi connectivity index (χ0n) is 13.7. The van der Waals surface area contributed by atoms with Crippen molar-refractivity contribution in [1.82, 2.24) is 19.9 Å². The highest BCUT2D eigenvalue weighted by atomic mass is 16.1. The van der Waals surface area contributed by atoms with Crippen molar-refractivity contribution in [2.45, 2.75) is 0 Å². The Kier molecular flexibility index (Phi) is 3.74. The van der Waals surface area contributed by atoms with E-state index in [2.05, 4.69) is 10.3 Å². The number of aromatic nitrogens is 3. The van der Waals surface area contributed by atoms with Gasteiger partial charge in [-0.15, -0.1) is 0 Å². The third kappa shape index (κ3) is 2.65. The minimum absolute atomic E-state index is 0.108. The van der Waals surface area contributed by atoms with Gasteiger partial charge in [0, 0.05) is 30.1 Å². The summed E-state index contributed by atoms with van der Waals surface area (Å²) >= 11 is 0. The highest BCUT2D eigenvalue weighted by Crippen LogP contribution is 2.27. The number of nitrogens with one attached hydrogen (secondary N) is 1. The predicted molar refractivity (Wildman–Crippen MR) is 97.7 cm³/mol. The van der Waals surface area contributed by atoms with Crippen LogP contribution in [0.4, 0.5) is 0 Å². The Balaban J connectivity index is 1.92. The van der Waals surface area contributed by atoms with Gasteiger partial charge in [0.2, 0.25) is 0 Å². The number of carbonyl (C=O) groups excluding carboxylic acids is 1. The number of fused-ring (bicyclic) bond motifs is 1. The number of hydrogen-bond donors (Lipinski definition) is 1. The van der Waals surface area contributed by atoms with Gasteiger partial charge in [-0.1, -0.05) is 30.3 Å². The van der Waals surface area contributed by atoms with Gasteiger partial charge in [0.25, 0.3) is 5.91 Å². The van der Waals surface area contributed by atoms with Crippen LogP contribution in [0.1, 0.15) is 10.4 Å². The number of carbonyl (C=O) groups is 1. The van der Waals surface area contributed by atoms with Crippen LogP contribution in [0.2, 0.25) is 0 Å². The van der Waals surface area contributed by atoms with Gasteiger partial charge in [-0.3, -0.25) is 9.36 Å². The van der Waals surface area contributed by atoms with Crippen molar-refractivity contribution in [3.05, 3.63) is 78.5 Å². The summed E-state index contributed by atoms with van der Waals surface area (Å²) in [4.78, 5) is 21.0. The molecule has 0 atom stereocenters. The van der Waals surface area contributed by atoms with E-state index in [4.69, 9.17) is 4.98 Å². The van der Waals surface area contributed by atoms with Gasteiger partial charge in [0.05, 0.1) is 0 Å². The van der Waals surface area contributed by atoms with Crippen LogP contribution in [0, 0.1) is 0 Å². The van der Waals surface area contributed by atoms with Crippen molar-refractivity contribution in [3.8, 4) is 17.1 Å². The van der Waals surface area contributed by atoms with E-state index < -0.39 is 0 Å². The maximum Gasteiger partial charge on any atom is 0.251 e. The number of pyridine rings is 1. The van der Waals surface area contributed by atoms with Gasteiger partial charge >= 0.3 is 0 Å². The van der Waals surface area contributed by atoms with Gasteiger partial charge in [0.15, 0.2) is 5.65 Å². The molecule has 0 saturated carbocycles.